The molecule has 0 aromatic heterocycles. The Balaban J connectivity index is 1.83. The number of amides is 2. The van der Waals surface area contributed by atoms with Crippen LogP contribution < -0.4 is 4.90 Å². The maximum atomic E-state index is 12.9. The van der Waals surface area contributed by atoms with Crippen LogP contribution in [0.25, 0.3) is 0 Å². The van der Waals surface area contributed by atoms with Crippen LogP contribution in [-0.2, 0) is 4.79 Å². The summed E-state index contributed by atoms with van der Waals surface area (Å²) in [5, 5.41) is 9.02. The molecule has 2 amide bonds. The normalized spacial score (nSPS) is 16.6. The van der Waals surface area contributed by atoms with Crippen LogP contribution in [0.1, 0.15) is 29.3 Å². The van der Waals surface area contributed by atoms with Gasteiger partial charge in [0.2, 0.25) is 5.91 Å². The highest BCUT2D eigenvalue weighted by Crippen LogP contribution is 2.25. The summed E-state index contributed by atoms with van der Waals surface area (Å²) in [5.74, 6) is -0.273. The van der Waals surface area contributed by atoms with Crippen molar-refractivity contribution in [3.05, 3.63) is 65.7 Å². The molecule has 1 aliphatic heterocycles. The Hall–Kier alpha value is -3.13. The van der Waals surface area contributed by atoms with Crippen LogP contribution in [0.15, 0.2) is 54.6 Å². The number of para-hydroxylation sites is 1. The first-order valence-electron chi connectivity index (χ1n) is 8.33. The molecule has 1 atom stereocenters. The molecular weight excluding hydrogens is 314 g/mol. The third-order valence-electron chi connectivity index (χ3n) is 4.46. The molecule has 1 saturated heterocycles. The van der Waals surface area contributed by atoms with Gasteiger partial charge in [0.25, 0.3) is 5.91 Å². The van der Waals surface area contributed by atoms with E-state index in [9.17, 15) is 9.59 Å². The van der Waals surface area contributed by atoms with Gasteiger partial charge in [0.1, 0.15) is 6.04 Å². The summed E-state index contributed by atoms with van der Waals surface area (Å²) in [5.41, 5.74) is 1.72. The van der Waals surface area contributed by atoms with Gasteiger partial charge in [-0.05, 0) is 43.7 Å². The smallest absolute Gasteiger partial charge is 0.254 e. The lowest BCUT2D eigenvalue weighted by atomic mass is 10.1. The number of anilines is 1. The second kappa shape index (κ2) is 7.18. The summed E-state index contributed by atoms with van der Waals surface area (Å²) in [6.45, 7) is 2.90. The van der Waals surface area contributed by atoms with Crippen LogP contribution in [0.2, 0.25) is 0 Å². The quantitative estimate of drug-likeness (QED) is 0.864. The highest BCUT2D eigenvalue weighted by molar-refractivity contribution is 6.04. The number of carbonyl (C=O) groups is 2. The van der Waals surface area contributed by atoms with E-state index in [1.165, 1.54) is 0 Å². The summed E-state index contributed by atoms with van der Waals surface area (Å²) < 4.78 is 0. The molecule has 126 valence electrons. The molecule has 0 aliphatic carbocycles. The van der Waals surface area contributed by atoms with Gasteiger partial charge in [-0.2, -0.15) is 5.26 Å². The third kappa shape index (κ3) is 3.24. The summed E-state index contributed by atoms with van der Waals surface area (Å²) in [7, 11) is 0. The number of benzene rings is 2. The lowest BCUT2D eigenvalue weighted by Gasteiger charge is -2.27. The van der Waals surface area contributed by atoms with Crippen molar-refractivity contribution in [1.29, 1.82) is 5.26 Å². The highest BCUT2D eigenvalue weighted by Gasteiger charge is 2.38. The molecule has 0 radical (unpaired) electrons. The fourth-order valence-electron chi connectivity index (χ4n) is 3.21. The van der Waals surface area contributed by atoms with Crippen molar-refractivity contribution in [3.63, 3.8) is 0 Å². The van der Waals surface area contributed by atoms with Crippen LogP contribution in [-0.4, -0.2) is 35.8 Å². The minimum atomic E-state index is -0.469. The topological polar surface area (TPSA) is 64.4 Å². The van der Waals surface area contributed by atoms with Crippen molar-refractivity contribution < 1.29 is 9.59 Å². The Morgan fingerprint density at radius 3 is 2.68 bits per heavy atom. The van der Waals surface area contributed by atoms with Crippen molar-refractivity contribution in [2.75, 3.05) is 18.0 Å². The van der Waals surface area contributed by atoms with Gasteiger partial charge in [-0.25, -0.2) is 0 Å². The van der Waals surface area contributed by atoms with E-state index in [1.54, 1.807) is 34.1 Å². The minimum Gasteiger partial charge on any atom is -0.327 e. The van der Waals surface area contributed by atoms with E-state index in [4.69, 9.17) is 5.26 Å². The zero-order valence-electron chi connectivity index (χ0n) is 14.1. The van der Waals surface area contributed by atoms with Gasteiger partial charge >= 0.3 is 0 Å². The molecule has 1 aliphatic rings. The van der Waals surface area contributed by atoms with Crippen LogP contribution >= 0.6 is 0 Å². The summed E-state index contributed by atoms with van der Waals surface area (Å²) in [6.07, 6.45) is 0.602. The second-order valence-electron chi connectivity index (χ2n) is 5.91. The first-order valence-corrected chi connectivity index (χ1v) is 8.33. The van der Waals surface area contributed by atoms with Gasteiger partial charge in [0.15, 0.2) is 0 Å². The van der Waals surface area contributed by atoms with E-state index in [0.29, 0.717) is 30.6 Å². The average Bonchev–Trinajstić information content (AvgIpc) is 3.04. The largest absolute Gasteiger partial charge is 0.327 e. The van der Waals surface area contributed by atoms with Gasteiger partial charge in [0.05, 0.1) is 11.6 Å². The molecule has 2 aromatic rings. The van der Waals surface area contributed by atoms with E-state index in [1.807, 2.05) is 43.3 Å². The summed E-state index contributed by atoms with van der Waals surface area (Å²) in [6, 6.07) is 17.7. The highest BCUT2D eigenvalue weighted by atomic mass is 16.2. The van der Waals surface area contributed by atoms with E-state index < -0.39 is 6.04 Å². The lowest BCUT2D eigenvalue weighted by molar-refractivity contribution is -0.120. The first kappa shape index (κ1) is 16.7. The molecule has 1 fully saturated rings. The van der Waals surface area contributed by atoms with Crippen molar-refractivity contribution in [2.45, 2.75) is 19.4 Å². The second-order valence-corrected chi connectivity index (χ2v) is 5.91. The number of rotatable bonds is 4. The monoisotopic (exact) mass is 333 g/mol. The Kier molecular flexibility index (Phi) is 4.80. The fraction of sp³-hybridized carbons (Fsp3) is 0.250. The summed E-state index contributed by atoms with van der Waals surface area (Å²) in [4.78, 5) is 29.0. The maximum absolute atomic E-state index is 12.9. The van der Waals surface area contributed by atoms with Gasteiger partial charge in [0, 0.05) is 24.3 Å². The predicted molar refractivity (Wildman–Crippen MR) is 95.1 cm³/mol. The zero-order valence-corrected chi connectivity index (χ0v) is 14.1. The fourth-order valence-corrected chi connectivity index (χ4v) is 3.21. The van der Waals surface area contributed by atoms with E-state index in [0.717, 1.165) is 5.69 Å². The molecular formula is C20H19N3O2. The maximum Gasteiger partial charge on any atom is 0.254 e. The Morgan fingerprint density at radius 1 is 1.24 bits per heavy atom. The number of likely N-dealkylation sites (N-methyl/N-ethyl adjacent to an activating group) is 1. The van der Waals surface area contributed by atoms with E-state index in [2.05, 4.69) is 0 Å². The van der Waals surface area contributed by atoms with Crippen molar-refractivity contribution in [3.8, 4) is 6.07 Å². The van der Waals surface area contributed by atoms with Gasteiger partial charge < -0.3 is 9.80 Å². The van der Waals surface area contributed by atoms with Crippen LogP contribution in [0, 0.1) is 11.3 Å². The molecule has 1 heterocycles. The number of nitriles is 1. The van der Waals surface area contributed by atoms with Crippen molar-refractivity contribution >= 4 is 17.5 Å². The first-order chi connectivity index (χ1) is 12.2. The standard InChI is InChI=1S/C20H19N3O2/c1-2-22(19(24)16-8-6-7-15(13-16)14-21)18-11-12-23(20(18)25)17-9-4-3-5-10-17/h3-10,13,18H,2,11-12H2,1H3. The Morgan fingerprint density at radius 2 is 2.00 bits per heavy atom. The molecule has 0 bridgehead atoms. The van der Waals surface area contributed by atoms with Crippen molar-refractivity contribution in [1.82, 2.24) is 4.90 Å². The molecule has 1 unspecified atom stereocenters. The molecule has 0 saturated carbocycles. The molecule has 5 heteroatoms. The molecule has 5 nitrogen and oxygen atoms in total. The van der Waals surface area contributed by atoms with Crippen molar-refractivity contribution in [2.24, 2.45) is 0 Å². The Bertz CT molecular complexity index is 826. The van der Waals surface area contributed by atoms with Crippen LogP contribution in [0.3, 0.4) is 0 Å². The van der Waals surface area contributed by atoms with Gasteiger partial charge in [-0.1, -0.05) is 24.3 Å². The minimum absolute atomic E-state index is 0.0576. The predicted octanol–water partition coefficient (Wildman–Crippen LogP) is 2.83. The van der Waals surface area contributed by atoms with E-state index >= 15 is 0 Å². The van der Waals surface area contributed by atoms with Crippen LogP contribution in [0.4, 0.5) is 5.69 Å². The number of hydrogen-bond acceptors (Lipinski definition) is 3. The molecule has 0 spiro atoms. The van der Waals surface area contributed by atoms with Crippen LogP contribution in [0.5, 0.6) is 0 Å². The number of nitrogens with zero attached hydrogens (tertiary/aromatic N) is 3. The molecule has 3 rings (SSSR count). The Labute approximate surface area is 147 Å². The zero-order chi connectivity index (χ0) is 17.8. The molecule has 0 N–H and O–H groups in total. The lowest BCUT2D eigenvalue weighted by Crippen LogP contribution is -2.45. The SMILES string of the molecule is CCN(C(=O)c1cccc(C#N)c1)C1CCN(c2ccccc2)C1=O. The van der Waals surface area contributed by atoms with E-state index in [-0.39, 0.29) is 11.8 Å². The average molecular weight is 333 g/mol. The third-order valence-corrected chi connectivity index (χ3v) is 4.46. The number of carbonyl (C=O) groups excluding carboxylic acids is 2. The van der Waals surface area contributed by atoms with Gasteiger partial charge in [-0.3, -0.25) is 9.59 Å². The molecule has 2 aromatic carbocycles. The number of hydrogen-bond donors (Lipinski definition) is 0. The van der Waals surface area contributed by atoms with Gasteiger partial charge in [-0.15, -0.1) is 0 Å². The summed E-state index contributed by atoms with van der Waals surface area (Å²) >= 11 is 0. The molecule has 25 heavy (non-hydrogen) atoms.